The van der Waals surface area contributed by atoms with Crippen molar-refractivity contribution in [3.05, 3.63) is 59.7 Å². The second-order valence-corrected chi connectivity index (χ2v) is 22.4. The first-order valence-electron chi connectivity index (χ1n) is 22.2. The summed E-state index contributed by atoms with van der Waals surface area (Å²) < 4.78 is 0. The summed E-state index contributed by atoms with van der Waals surface area (Å²) in [4.78, 5) is 86.8. The topological polar surface area (TPSA) is 204 Å². The lowest BCUT2D eigenvalue weighted by atomic mass is 9.84. The average Bonchev–Trinajstić information content (AvgIpc) is 3.58. The average molecular weight is 983 g/mol. The molecule has 6 N–H and O–H groups in total. The number of amides is 6. The molecule has 0 spiro atoms. The Hall–Kier alpha value is -4.66. The van der Waals surface area contributed by atoms with Crippen molar-refractivity contribution in [2.24, 2.45) is 10.8 Å². The molecule has 4 heterocycles. The van der Waals surface area contributed by atoms with Crippen LogP contribution in [0.3, 0.4) is 0 Å². The minimum atomic E-state index is -1.14. The van der Waals surface area contributed by atoms with Crippen LogP contribution in [0.4, 0.5) is 21.0 Å². The Bertz CT molecular complexity index is 2090. The van der Waals surface area contributed by atoms with Crippen molar-refractivity contribution in [1.29, 1.82) is 0 Å². The van der Waals surface area contributed by atoms with Gasteiger partial charge in [-0.3, -0.25) is 19.2 Å². The van der Waals surface area contributed by atoms with Crippen molar-refractivity contribution in [3.63, 3.8) is 0 Å². The first-order valence-corrected chi connectivity index (χ1v) is 25.1. The first-order chi connectivity index (χ1) is 31.0. The lowest BCUT2D eigenvalue weighted by Crippen LogP contribution is -2.57. The summed E-state index contributed by atoms with van der Waals surface area (Å²) in [5, 5.41) is 31.1. The fourth-order valence-electron chi connectivity index (χ4n) is 9.36. The van der Waals surface area contributed by atoms with Crippen LogP contribution in [-0.4, -0.2) is 148 Å². The number of likely N-dealkylation sites (N-methyl/N-ethyl adjacent to an activating group) is 2. The molecule has 6 rings (SSSR count). The van der Waals surface area contributed by atoms with Crippen LogP contribution in [-0.2, 0) is 32.0 Å². The molecular formula is C46H62N8O8S4. The summed E-state index contributed by atoms with van der Waals surface area (Å²) >= 11 is 14.4. The van der Waals surface area contributed by atoms with Gasteiger partial charge in [-0.1, -0.05) is 88.5 Å². The van der Waals surface area contributed by atoms with Crippen LogP contribution >= 0.6 is 48.0 Å². The molecule has 16 nitrogen and oxygen atoms in total. The second-order valence-electron chi connectivity index (χ2n) is 19.0. The molecule has 4 aliphatic heterocycles. The first kappa shape index (κ1) is 50.7. The van der Waals surface area contributed by atoms with Crippen molar-refractivity contribution in [2.45, 2.75) is 127 Å². The van der Waals surface area contributed by atoms with E-state index in [0.717, 1.165) is 20.9 Å². The number of carboxylic acid groups (broad SMARTS) is 2. The van der Waals surface area contributed by atoms with Gasteiger partial charge in [0.1, 0.15) is 24.2 Å². The predicted molar refractivity (Wildman–Crippen MR) is 267 cm³/mol. The number of nitrogens with one attached hydrogen (secondary N) is 4. The number of para-hydroxylation sites is 2. The van der Waals surface area contributed by atoms with Crippen molar-refractivity contribution < 1.29 is 39.0 Å². The number of hydrogen-bond acceptors (Lipinski definition) is 10. The third-order valence-corrected chi connectivity index (χ3v) is 16.9. The molecule has 0 bridgehead atoms. The largest absolute Gasteiger partial charge is 0.465 e. The lowest BCUT2D eigenvalue weighted by molar-refractivity contribution is -0.140. The third-order valence-electron chi connectivity index (χ3n) is 13.5. The SMILES string of the molecule is CC(C(=S)N[C@H]1CCS[C@H]2CC(C)(C)[C@@H](C(=O)Nc3ccccc3CCc3ccccc3NC(=O)[C@H]3N4C(=O)[C@@H](NC(=S)C(C)N(C)C(=O)O)CCS[C@H]4CC3(C)C)N2C1=O)N(C)C(=O)O. The molecule has 2 aromatic carbocycles. The molecule has 6 amide bonds. The van der Waals surface area contributed by atoms with Crippen molar-refractivity contribution in [3.8, 4) is 0 Å². The summed E-state index contributed by atoms with van der Waals surface area (Å²) in [7, 11) is 2.85. The minimum absolute atomic E-state index is 0.223. The highest BCUT2D eigenvalue weighted by atomic mass is 32.2. The number of rotatable bonds is 13. The Kier molecular flexibility index (Phi) is 15.9. The molecule has 358 valence electrons. The number of nitrogens with zero attached hydrogens (tertiary/aromatic N) is 4. The van der Waals surface area contributed by atoms with E-state index in [1.807, 2.05) is 76.2 Å². The number of hydrogen-bond donors (Lipinski definition) is 6. The van der Waals surface area contributed by atoms with Crippen molar-refractivity contribution in [1.82, 2.24) is 30.2 Å². The van der Waals surface area contributed by atoms with Crippen LogP contribution in [0.1, 0.15) is 78.4 Å². The molecule has 8 atom stereocenters. The van der Waals surface area contributed by atoms with Gasteiger partial charge in [-0.05, 0) is 98.0 Å². The standard InChI is InChI=1S/C46H62N8O8S4/c1-25(51(7)43(59)60)39(63)49-31-19-21-65-33-23-45(3,4)35(53(33)41(31)57)37(55)47-29-15-11-9-13-27(29)17-18-28-14-10-12-16-30(28)48-38(56)36-46(5,6)24-34-54(36)42(58)32(20-22-66-34)50-40(64)26(2)52(8)44(61)62/h9-16,25-26,31-36H,17-24H2,1-8H3,(H,47,55)(H,48,56)(H,49,63)(H,50,64)(H,59,60)(H,61,62)/t25?,26?,31-,32-,33-,34-,35+,36+/m0/s1. The van der Waals surface area contributed by atoms with Gasteiger partial charge in [0.25, 0.3) is 0 Å². The number of carbonyl (C=O) groups excluding carboxylic acids is 4. The Balaban J connectivity index is 1.15. The molecule has 4 aliphatic rings. The maximum Gasteiger partial charge on any atom is 0.407 e. The second kappa shape index (κ2) is 20.7. The number of thioether (sulfide) groups is 2. The third kappa shape index (κ3) is 10.9. The molecule has 4 fully saturated rings. The monoisotopic (exact) mass is 982 g/mol. The summed E-state index contributed by atoms with van der Waals surface area (Å²) in [6, 6.07) is 10.7. The fourth-order valence-corrected chi connectivity index (χ4v) is 13.1. The molecule has 0 saturated carbocycles. The van der Waals surface area contributed by atoms with E-state index in [2.05, 4.69) is 21.3 Å². The Morgan fingerprint density at radius 1 is 0.682 bits per heavy atom. The number of fused-ring (bicyclic) bond motifs is 2. The van der Waals surface area contributed by atoms with Crippen LogP contribution in [0, 0.1) is 10.8 Å². The molecule has 0 radical (unpaired) electrons. The highest BCUT2D eigenvalue weighted by Gasteiger charge is 2.56. The van der Waals surface area contributed by atoms with E-state index >= 15 is 0 Å². The summed E-state index contributed by atoms with van der Waals surface area (Å²) in [6.07, 6.45) is 0.903. The lowest BCUT2D eigenvalue weighted by Gasteiger charge is -2.35. The van der Waals surface area contributed by atoms with Gasteiger partial charge in [0.15, 0.2) is 0 Å². The fraction of sp³-hybridized carbons (Fsp3) is 0.565. The van der Waals surface area contributed by atoms with Gasteiger partial charge in [0, 0.05) is 25.5 Å². The Morgan fingerprint density at radius 3 is 1.38 bits per heavy atom. The van der Waals surface area contributed by atoms with E-state index in [1.165, 1.54) is 14.1 Å². The van der Waals surface area contributed by atoms with E-state index < -0.39 is 59.3 Å². The number of carbonyl (C=O) groups is 6. The summed E-state index contributed by atoms with van der Waals surface area (Å²) in [5.41, 5.74) is 1.84. The van der Waals surface area contributed by atoms with Crippen LogP contribution in [0.2, 0.25) is 0 Å². The molecular weight excluding hydrogens is 921 g/mol. The van der Waals surface area contributed by atoms with Gasteiger partial charge in [0.2, 0.25) is 23.6 Å². The minimum Gasteiger partial charge on any atom is -0.465 e. The van der Waals surface area contributed by atoms with E-state index in [9.17, 15) is 39.0 Å². The number of anilines is 2. The summed E-state index contributed by atoms with van der Waals surface area (Å²) in [5.74, 6) is 0.200. The van der Waals surface area contributed by atoms with Gasteiger partial charge >= 0.3 is 12.2 Å². The zero-order chi connectivity index (χ0) is 48.4. The van der Waals surface area contributed by atoms with Crippen molar-refractivity contribution in [2.75, 3.05) is 36.2 Å². The zero-order valence-electron chi connectivity index (χ0n) is 38.7. The van der Waals surface area contributed by atoms with Crippen LogP contribution in [0.15, 0.2) is 48.5 Å². The molecule has 20 heteroatoms. The maximum atomic E-state index is 14.5. The molecule has 2 aromatic rings. The van der Waals surface area contributed by atoms with Crippen LogP contribution in [0.25, 0.3) is 0 Å². The molecule has 0 aliphatic carbocycles. The van der Waals surface area contributed by atoms with Gasteiger partial charge in [-0.25, -0.2) is 9.59 Å². The van der Waals surface area contributed by atoms with Gasteiger partial charge < -0.3 is 51.1 Å². The molecule has 66 heavy (non-hydrogen) atoms. The van der Waals surface area contributed by atoms with Crippen LogP contribution < -0.4 is 21.3 Å². The summed E-state index contributed by atoms with van der Waals surface area (Å²) in [6.45, 7) is 11.3. The highest BCUT2D eigenvalue weighted by Crippen LogP contribution is 2.48. The van der Waals surface area contributed by atoms with Crippen LogP contribution in [0.5, 0.6) is 0 Å². The highest BCUT2D eigenvalue weighted by molar-refractivity contribution is 8.00. The molecule has 4 saturated heterocycles. The van der Waals surface area contributed by atoms with Gasteiger partial charge in [0.05, 0.1) is 32.8 Å². The number of benzene rings is 2. The number of aryl methyl sites for hydroxylation is 2. The quantitative estimate of drug-likeness (QED) is 0.126. The van der Waals surface area contributed by atoms with Gasteiger partial charge in [-0.15, -0.1) is 23.5 Å². The van der Waals surface area contributed by atoms with E-state index in [-0.39, 0.29) is 44.4 Å². The zero-order valence-corrected chi connectivity index (χ0v) is 41.9. The smallest absolute Gasteiger partial charge is 0.407 e. The van der Waals surface area contributed by atoms with E-state index in [4.69, 9.17) is 24.4 Å². The predicted octanol–water partition coefficient (Wildman–Crippen LogP) is 6.10. The van der Waals surface area contributed by atoms with Gasteiger partial charge in [-0.2, -0.15) is 0 Å². The Labute approximate surface area is 406 Å². The maximum absolute atomic E-state index is 14.5. The number of thiocarbonyl (C=S) groups is 2. The molecule has 2 unspecified atom stereocenters. The normalized spacial score (nSPS) is 25.2. The van der Waals surface area contributed by atoms with E-state index in [0.29, 0.717) is 61.4 Å². The van der Waals surface area contributed by atoms with Crippen molar-refractivity contribution >= 4 is 105 Å². The Morgan fingerprint density at radius 2 is 1.03 bits per heavy atom. The van der Waals surface area contributed by atoms with E-state index in [1.54, 1.807) is 47.2 Å². The molecule has 0 aromatic heterocycles.